The van der Waals surface area contributed by atoms with Gasteiger partial charge in [0.25, 0.3) is 0 Å². The van der Waals surface area contributed by atoms with Crippen LogP contribution < -0.4 is 10.6 Å². The van der Waals surface area contributed by atoms with Crippen LogP contribution in [-0.2, 0) is 16.1 Å². The molecule has 19 heavy (non-hydrogen) atoms. The third-order valence-corrected chi connectivity index (χ3v) is 2.18. The lowest BCUT2D eigenvalue weighted by Gasteiger charge is -2.13. The first-order valence-corrected chi connectivity index (χ1v) is 5.37. The van der Waals surface area contributed by atoms with Gasteiger partial charge in [-0.15, -0.1) is 0 Å². The van der Waals surface area contributed by atoms with Crippen LogP contribution in [0.5, 0.6) is 0 Å². The van der Waals surface area contributed by atoms with E-state index in [0.29, 0.717) is 0 Å². The lowest BCUT2D eigenvalue weighted by Crippen LogP contribution is -2.46. The molecular weight excluding hydrogens is 254 g/mol. The molecule has 0 fully saturated rings. The zero-order valence-corrected chi connectivity index (χ0v) is 9.87. The summed E-state index contributed by atoms with van der Waals surface area (Å²) in [6, 6.07) is 1.17. The number of amides is 2. The molecule has 0 aliphatic heterocycles. The van der Waals surface area contributed by atoms with Crippen molar-refractivity contribution in [1.82, 2.24) is 15.6 Å². The minimum absolute atomic E-state index is 0.188. The molecule has 102 valence electrons. The van der Waals surface area contributed by atoms with Crippen molar-refractivity contribution in [3.63, 3.8) is 0 Å². The Bertz CT molecular complexity index is 463. The quantitative estimate of drug-likeness (QED) is 0.565. The normalized spacial score (nSPS) is 11.4. The second kappa shape index (κ2) is 6.94. The Kier molecular flexibility index (Phi) is 5.27. The highest BCUT2D eigenvalue weighted by Crippen LogP contribution is 1.96. The summed E-state index contributed by atoms with van der Waals surface area (Å²) in [5, 5.41) is 21.7. The van der Waals surface area contributed by atoms with Gasteiger partial charge in [0.2, 0.25) is 0 Å². The number of rotatable bonds is 6. The summed E-state index contributed by atoms with van der Waals surface area (Å²) in [5.74, 6) is -2.71. The van der Waals surface area contributed by atoms with Crippen LogP contribution in [0.25, 0.3) is 0 Å². The van der Waals surface area contributed by atoms with Crippen LogP contribution in [0.15, 0.2) is 24.5 Å². The summed E-state index contributed by atoms with van der Waals surface area (Å²) in [6.07, 6.45) is 2.43. The molecule has 0 saturated carbocycles. The maximum Gasteiger partial charge on any atom is 0.326 e. The third-order valence-electron chi connectivity index (χ3n) is 2.18. The van der Waals surface area contributed by atoms with Crippen molar-refractivity contribution in [3.05, 3.63) is 30.1 Å². The number of carboxylic acids is 2. The minimum atomic E-state index is -1.46. The molecule has 1 heterocycles. The van der Waals surface area contributed by atoms with Gasteiger partial charge < -0.3 is 20.8 Å². The second-order valence-electron chi connectivity index (χ2n) is 3.67. The molecule has 0 saturated heterocycles. The van der Waals surface area contributed by atoms with Crippen LogP contribution in [-0.4, -0.2) is 39.2 Å². The van der Waals surface area contributed by atoms with E-state index in [1.54, 1.807) is 24.5 Å². The Balaban J connectivity index is 2.45. The Morgan fingerprint density at radius 3 is 2.37 bits per heavy atom. The lowest BCUT2D eigenvalue weighted by molar-refractivity contribution is -0.145. The fourth-order valence-corrected chi connectivity index (χ4v) is 1.27. The average Bonchev–Trinajstić information content (AvgIpc) is 2.36. The van der Waals surface area contributed by atoms with Crippen molar-refractivity contribution in [2.24, 2.45) is 0 Å². The predicted molar refractivity (Wildman–Crippen MR) is 63.3 cm³/mol. The first kappa shape index (κ1) is 14.4. The van der Waals surface area contributed by atoms with E-state index < -0.39 is 30.4 Å². The molecule has 1 rings (SSSR count). The lowest BCUT2D eigenvalue weighted by atomic mass is 10.2. The van der Waals surface area contributed by atoms with E-state index in [9.17, 15) is 14.4 Å². The molecule has 0 aromatic carbocycles. The smallest absolute Gasteiger partial charge is 0.326 e. The summed E-state index contributed by atoms with van der Waals surface area (Å²) in [7, 11) is 0. The Labute approximate surface area is 108 Å². The van der Waals surface area contributed by atoms with Gasteiger partial charge in [-0.05, 0) is 17.7 Å². The van der Waals surface area contributed by atoms with Crippen LogP contribution in [0.3, 0.4) is 0 Å². The molecule has 0 aliphatic rings. The van der Waals surface area contributed by atoms with E-state index in [-0.39, 0.29) is 6.54 Å². The summed E-state index contributed by atoms with van der Waals surface area (Å²) in [5.41, 5.74) is 0.787. The summed E-state index contributed by atoms with van der Waals surface area (Å²) < 4.78 is 0. The van der Waals surface area contributed by atoms with E-state index >= 15 is 0 Å². The van der Waals surface area contributed by atoms with Crippen molar-refractivity contribution < 1.29 is 24.6 Å². The molecule has 1 aromatic heterocycles. The summed E-state index contributed by atoms with van der Waals surface area (Å²) >= 11 is 0. The highest BCUT2D eigenvalue weighted by molar-refractivity contribution is 5.86. The van der Waals surface area contributed by atoms with E-state index in [4.69, 9.17) is 10.2 Å². The fraction of sp³-hybridized carbons (Fsp3) is 0.273. The number of nitrogens with one attached hydrogen (secondary N) is 2. The second-order valence-corrected chi connectivity index (χ2v) is 3.67. The van der Waals surface area contributed by atoms with Gasteiger partial charge in [-0.2, -0.15) is 0 Å². The predicted octanol–water partition coefficient (Wildman–Crippen LogP) is -0.191. The molecule has 1 atom stereocenters. The number of carboxylic acid groups (broad SMARTS) is 2. The van der Waals surface area contributed by atoms with Gasteiger partial charge in [-0.3, -0.25) is 9.78 Å². The molecule has 0 bridgehead atoms. The zero-order valence-electron chi connectivity index (χ0n) is 9.87. The average molecular weight is 267 g/mol. The molecule has 4 N–H and O–H groups in total. The molecule has 8 heteroatoms. The number of urea groups is 1. The van der Waals surface area contributed by atoms with Gasteiger partial charge in [0.05, 0.1) is 6.42 Å². The Morgan fingerprint density at radius 2 is 1.84 bits per heavy atom. The zero-order chi connectivity index (χ0) is 14.3. The molecule has 0 aliphatic carbocycles. The van der Waals surface area contributed by atoms with Crippen LogP contribution in [0.1, 0.15) is 12.0 Å². The number of nitrogens with zero attached hydrogens (tertiary/aromatic N) is 1. The molecule has 8 nitrogen and oxygen atoms in total. The van der Waals surface area contributed by atoms with E-state index in [0.717, 1.165) is 5.56 Å². The van der Waals surface area contributed by atoms with Gasteiger partial charge in [0.1, 0.15) is 6.04 Å². The largest absolute Gasteiger partial charge is 0.481 e. The SMILES string of the molecule is O=C(O)C[C@H](NC(=O)NCc1ccncc1)C(=O)O. The molecule has 0 spiro atoms. The highest BCUT2D eigenvalue weighted by Gasteiger charge is 2.22. The maximum atomic E-state index is 11.4. The van der Waals surface area contributed by atoms with Crippen molar-refractivity contribution in [3.8, 4) is 0 Å². The van der Waals surface area contributed by atoms with Gasteiger partial charge in [0, 0.05) is 18.9 Å². The van der Waals surface area contributed by atoms with Crippen LogP contribution in [0.2, 0.25) is 0 Å². The number of hydrogen-bond acceptors (Lipinski definition) is 4. The molecule has 1 aromatic rings. The number of aliphatic carboxylic acids is 2. The highest BCUT2D eigenvalue weighted by atomic mass is 16.4. The number of aromatic nitrogens is 1. The summed E-state index contributed by atoms with van der Waals surface area (Å²) in [6.45, 7) is 0.188. The van der Waals surface area contributed by atoms with E-state index in [1.807, 2.05) is 0 Å². The van der Waals surface area contributed by atoms with Gasteiger partial charge in [-0.25, -0.2) is 9.59 Å². The number of hydrogen-bond donors (Lipinski definition) is 4. The van der Waals surface area contributed by atoms with Crippen molar-refractivity contribution in [1.29, 1.82) is 0 Å². The van der Waals surface area contributed by atoms with Crippen molar-refractivity contribution >= 4 is 18.0 Å². The van der Waals surface area contributed by atoms with Crippen molar-refractivity contribution in [2.45, 2.75) is 19.0 Å². The van der Waals surface area contributed by atoms with Crippen LogP contribution >= 0.6 is 0 Å². The number of pyridine rings is 1. The number of carbonyl (C=O) groups is 3. The van der Waals surface area contributed by atoms with Crippen LogP contribution in [0.4, 0.5) is 4.79 Å². The monoisotopic (exact) mass is 267 g/mol. The van der Waals surface area contributed by atoms with Gasteiger partial charge in [-0.1, -0.05) is 0 Å². The van der Waals surface area contributed by atoms with Gasteiger partial charge >= 0.3 is 18.0 Å². The topological polar surface area (TPSA) is 129 Å². The molecule has 0 unspecified atom stereocenters. The molecule has 2 amide bonds. The number of carbonyl (C=O) groups excluding carboxylic acids is 1. The summed E-state index contributed by atoms with van der Waals surface area (Å²) in [4.78, 5) is 36.4. The Morgan fingerprint density at radius 1 is 1.21 bits per heavy atom. The Hall–Kier alpha value is -2.64. The fourth-order valence-electron chi connectivity index (χ4n) is 1.27. The first-order valence-electron chi connectivity index (χ1n) is 5.37. The van der Waals surface area contributed by atoms with Gasteiger partial charge in [0.15, 0.2) is 0 Å². The minimum Gasteiger partial charge on any atom is -0.481 e. The van der Waals surface area contributed by atoms with E-state index in [1.165, 1.54) is 0 Å². The van der Waals surface area contributed by atoms with E-state index in [2.05, 4.69) is 15.6 Å². The molecular formula is C11H13N3O5. The maximum absolute atomic E-state index is 11.4. The van der Waals surface area contributed by atoms with Crippen molar-refractivity contribution in [2.75, 3.05) is 0 Å². The van der Waals surface area contributed by atoms with Crippen LogP contribution in [0, 0.1) is 0 Å². The third kappa shape index (κ3) is 5.48. The first-order chi connectivity index (χ1) is 8.99. The molecule has 0 radical (unpaired) electrons. The standard InChI is InChI=1S/C11H13N3O5/c15-9(16)5-8(10(17)18)14-11(19)13-6-7-1-3-12-4-2-7/h1-4,8H,5-6H2,(H,15,16)(H,17,18)(H2,13,14,19)/t8-/m0/s1.